The van der Waals surface area contributed by atoms with Crippen molar-refractivity contribution in [3.05, 3.63) is 64.2 Å². The molecule has 1 aliphatic carbocycles. The van der Waals surface area contributed by atoms with Crippen molar-refractivity contribution in [1.29, 1.82) is 0 Å². The predicted octanol–water partition coefficient (Wildman–Crippen LogP) is 2.62. The molecule has 3 N–H and O–H groups in total. The molecule has 0 unspecified atom stereocenters. The number of rotatable bonds is 5. The van der Waals surface area contributed by atoms with Crippen molar-refractivity contribution in [3.63, 3.8) is 0 Å². The van der Waals surface area contributed by atoms with Gasteiger partial charge in [0.2, 0.25) is 0 Å². The molecule has 144 valence electrons. The number of fused-ring (bicyclic) bond motifs is 1. The average Bonchev–Trinajstić information content (AvgIpc) is 3.57. The minimum absolute atomic E-state index is 0.0423. The topological polar surface area (TPSA) is 91.3 Å². The maximum atomic E-state index is 13.2. The lowest BCUT2D eigenvalue weighted by Gasteiger charge is -2.31. The summed E-state index contributed by atoms with van der Waals surface area (Å²) in [7, 11) is 0. The first-order chi connectivity index (χ1) is 13.7. The van der Waals surface area contributed by atoms with Crippen LogP contribution in [0.1, 0.15) is 51.4 Å². The Balaban J connectivity index is 1.72. The van der Waals surface area contributed by atoms with Crippen LogP contribution in [0.4, 0.5) is 5.69 Å². The molecule has 28 heavy (non-hydrogen) atoms. The Labute approximate surface area is 164 Å². The number of nitrogens with two attached hydrogens (primary N) is 1. The summed E-state index contributed by atoms with van der Waals surface area (Å²) in [5.41, 5.74) is 10.6. The van der Waals surface area contributed by atoms with Crippen LogP contribution in [0, 0.1) is 0 Å². The van der Waals surface area contributed by atoms with Crippen molar-refractivity contribution in [1.82, 2.24) is 0 Å². The summed E-state index contributed by atoms with van der Waals surface area (Å²) in [6, 6.07) is 11.7. The van der Waals surface area contributed by atoms with Crippen LogP contribution in [0.2, 0.25) is 0 Å². The van der Waals surface area contributed by atoms with Gasteiger partial charge in [-0.05, 0) is 55.2 Å². The quantitative estimate of drug-likeness (QED) is 0.621. The Hall–Kier alpha value is -2.83. The van der Waals surface area contributed by atoms with Gasteiger partial charge in [-0.3, -0.25) is 9.79 Å². The van der Waals surface area contributed by atoms with E-state index in [2.05, 4.69) is 28.8 Å². The number of carbonyl (C=O) groups is 1. The molecule has 1 amide bonds. The van der Waals surface area contributed by atoms with E-state index in [4.69, 9.17) is 5.73 Å². The van der Waals surface area contributed by atoms with Gasteiger partial charge in [-0.15, -0.1) is 0 Å². The molecule has 1 heterocycles. The van der Waals surface area contributed by atoms with Crippen LogP contribution >= 0.6 is 0 Å². The van der Waals surface area contributed by atoms with Gasteiger partial charge in [0.15, 0.2) is 5.84 Å². The second-order valence-electron chi connectivity index (χ2n) is 7.18. The first-order valence-electron chi connectivity index (χ1n) is 9.57. The number of hydrogen-bond donors (Lipinski definition) is 2. The van der Waals surface area contributed by atoms with Crippen LogP contribution in [0.15, 0.2) is 46.4 Å². The van der Waals surface area contributed by atoms with E-state index in [0.717, 1.165) is 17.5 Å². The molecule has 2 aliphatic rings. The van der Waals surface area contributed by atoms with E-state index in [1.165, 1.54) is 18.4 Å². The highest BCUT2D eigenvalue weighted by Crippen LogP contribution is 2.41. The Morgan fingerprint density at radius 1 is 1.29 bits per heavy atom. The van der Waals surface area contributed by atoms with Gasteiger partial charge >= 0.3 is 0 Å². The molecule has 1 fully saturated rings. The van der Waals surface area contributed by atoms with Crippen molar-refractivity contribution in [2.24, 2.45) is 15.7 Å². The fourth-order valence-electron chi connectivity index (χ4n) is 3.92. The zero-order chi connectivity index (χ0) is 19.7. The number of amides is 1. The Morgan fingerprint density at radius 2 is 2.11 bits per heavy atom. The smallest absolute Gasteiger partial charge is 0.258 e. The first kappa shape index (κ1) is 18.5. The van der Waals surface area contributed by atoms with Crippen LogP contribution in [0.5, 0.6) is 0 Å². The zero-order valence-electron chi connectivity index (χ0n) is 15.8. The second-order valence-corrected chi connectivity index (χ2v) is 7.18. The average molecular weight is 376 g/mol. The first-order valence-corrected chi connectivity index (χ1v) is 9.57. The van der Waals surface area contributed by atoms with E-state index in [0.29, 0.717) is 35.1 Å². The lowest BCUT2D eigenvalue weighted by atomic mass is 9.94. The van der Waals surface area contributed by atoms with Gasteiger partial charge < -0.3 is 15.7 Å². The van der Waals surface area contributed by atoms with Gasteiger partial charge in [0, 0.05) is 23.2 Å². The van der Waals surface area contributed by atoms with Gasteiger partial charge in [-0.25, -0.2) is 4.99 Å². The van der Waals surface area contributed by atoms with E-state index in [1.54, 1.807) is 4.90 Å². The maximum absolute atomic E-state index is 13.2. The van der Waals surface area contributed by atoms with E-state index in [1.807, 2.05) is 24.3 Å². The van der Waals surface area contributed by atoms with Gasteiger partial charge in [-0.1, -0.05) is 24.3 Å². The van der Waals surface area contributed by atoms with Crippen LogP contribution < -0.4 is 10.6 Å². The molecule has 1 saturated carbocycles. The van der Waals surface area contributed by atoms with Gasteiger partial charge in [-0.2, -0.15) is 0 Å². The van der Waals surface area contributed by atoms with Crippen LogP contribution in [-0.2, 0) is 13.0 Å². The molecule has 6 heteroatoms. The monoisotopic (exact) mass is 376 g/mol. The molecule has 0 saturated heterocycles. The highest BCUT2D eigenvalue weighted by Gasteiger charge is 2.30. The predicted molar refractivity (Wildman–Crippen MR) is 111 cm³/mol. The summed E-state index contributed by atoms with van der Waals surface area (Å²) in [5, 5.41) is 10.0. The lowest BCUT2D eigenvalue weighted by Crippen LogP contribution is -2.38. The second kappa shape index (κ2) is 7.66. The lowest BCUT2D eigenvalue weighted by molar-refractivity contribution is 0.0980. The van der Waals surface area contributed by atoms with Crippen molar-refractivity contribution in [2.45, 2.75) is 31.8 Å². The number of anilines is 1. The molecule has 0 bridgehead atoms. The molecule has 6 nitrogen and oxygen atoms in total. The summed E-state index contributed by atoms with van der Waals surface area (Å²) in [6.45, 7) is 3.96. The van der Waals surface area contributed by atoms with Gasteiger partial charge in [0.25, 0.3) is 5.91 Å². The third-order valence-corrected chi connectivity index (χ3v) is 5.49. The molecule has 0 spiro atoms. The molecule has 2 aromatic rings. The maximum Gasteiger partial charge on any atom is 0.258 e. The molecular weight excluding hydrogens is 352 g/mol. The Morgan fingerprint density at radius 3 is 2.79 bits per heavy atom. The van der Waals surface area contributed by atoms with Crippen molar-refractivity contribution < 1.29 is 9.90 Å². The number of nitrogens with zero attached hydrogens (tertiary/aromatic N) is 3. The standard InChI is InChI=1S/C22H24N4O2/c1-24-21(25-13-23)18-3-2-4-20(19(18)12-27)26-10-9-16-11-15(14-5-6-14)7-8-17(16)22(26)28/h2-4,7-8,11,14,27H,1,5-6,9-10,12-13,23H2/b25-21-. The molecule has 0 radical (unpaired) electrons. The number of benzene rings is 2. The van der Waals surface area contributed by atoms with Crippen molar-refractivity contribution in [3.8, 4) is 0 Å². The van der Waals surface area contributed by atoms with Crippen LogP contribution in [-0.4, -0.2) is 36.8 Å². The third kappa shape index (κ3) is 3.25. The number of aliphatic hydroxyl groups is 1. The minimum atomic E-state index is -0.234. The molecular formula is C22H24N4O2. The molecule has 0 aromatic heterocycles. The number of aliphatic imine (C=N–C) groups is 2. The van der Waals surface area contributed by atoms with Crippen molar-refractivity contribution >= 4 is 24.1 Å². The van der Waals surface area contributed by atoms with E-state index >= 15 is 0 Å². The van der Waals surface area contributed by atoms with Gasteiger partial charge in [0.1, 0.15) is 0 Å². The van der Waals surface area contributed by atoms with E-state index in [-0.39, 0.29) is 19.2 Å². The summed E-state index contributed by atoms with van der Waals surface area (Å²) in [4.78, 5) is 23.0. The summed E-state index contributed by atoms with van der Waals surface area (Å²) in [5.74, 6) is 0.995. The molecule has 4 rings (SSSR count). The summed E-state index contributed by atoms with van der Waals surface area (Å²) >= 11 is 0. The zero-order valence-corrected chi connectivity index (χ0v) is 15.8. The number of hydrogen-bond acceptors (Lipinski definition) is 4. The molecule has 2 aromatic carbocycles. The largest absolute Gasteiger partial charge is 0.392 e. The van der Waals surface area contributed by atoms with Crippen LogP contribution in [0.25, 0.3) is 0 Å². The van der Waals surface area contributed by atoms with Crippen molar-refractivity contribution in [2.75, 3.05) is 18.1 Å². The number of aliphatic hydroxyl groups excluding tert-OH is 1. The van der Waals surface area contributed by atoms with E-state index in [9.17, 15) is 9.90 Å². The Bertz CT molecular complexity index is 963. The third-order valence-electron chi connectivity index (χ3n) is 5.49. The molecule has 1 aliphatic heterocycles. The van der Waals surface area contributed by atoms with E-state index < -0.39 is 0 Å². The highest BCUT2D eigenvalue weighted by molar-refractivity contribution is 6.10. The van der Waals surface area contributed by atoms with Gasteiger partial charge in [0.05, 0.1) is 19.0 Å². The normalized spacial score (nSPS) is 16.9. The minimum Gasteiger partial charge on any atom is -0.392 e. The number of carbonyl (C=O) groups excluding carboxylic acids is 1. The summed E-state index contributed by atoms with van der Waals surface area (Å²) < 4.78 is 0. The highest BCUT2D eigenvalue weighted by atomic mass is 16.3. The summed E-state index contributed by atoms with van der Waals surface area (Å²) in [6.07, 6.45) is 3.28. The molecule has 0 atom stereocenters. The van der Waals surface area contributed by atoms with Crippen LogP contribution in [0.3, 0.4) is 0 Å². The number of amidine groups is 1. The fourth-order valence-corrected chi connectivity index (χ4v) is 3.92. The Kier molecular flexibility index (Phi) is 5.07. The fraction of sp³-hybridized carbons (Fsp3) is 0.318. The SMILES string of the molecule is C=N/C(=N\CN)c1cccc(N2CCc3cc(C4CC4)ccc3C2=O)c1CO.